The number of allylic oxidation sites excluding steroid dienone is 1. The largest absolute Gasteiger partial charge is 0.398 e. The van der Waals surface area contributed by atoms with Gasteiger partial charge >= 0.3 is 0 Å². The second kappa shape index (κ2) is 4.30. The summed E-state index contributed by atoms with van der Waals surface area (Å²) in [4.78, 5) is 4.22. The van der Waals surface area contributed by atoms with Crippen LogP contribution in [-0.2, 0) is 0 Å². The van der Waals surface area contributed by atoms with E-state index in [1.807, 2.05) is 34.9 Å². The summed E-state index contributed by atoms with van der Waals surface area (Å²) in [7, 11) is 0. The van der Waals surface area contributed by atoms with Crippen LogP contribution in [0.1, 0.15) is 0 Å². The Balaban J connectivity index is 1.95. The molecule has 18 heavy (non-hydrogen) atoms. The van der Waals surface area contributed by atoms with E-state index in [2.05, 4.69) is 20.9 Å². The number of halogens is 2. The highest BCUT2D eigenvalue weighted by Crippen LogP contribution is 2.27. The fourth-order valence-electron chi connectivity index (χ4n) is 1.99. The van der Waals surface area contributed by atoms with Gasteiger partial charge in [-0.2, -0.15) is 0 Å². The molecule has 3 heterocycles. The normalized spacial score (nSPS) is 26.0. The van der Waals surface area contributed by atoms with Crippen LogP contribution in [0.5, 0.6) is 0 Å². The topological polar surface area (TPSA) is 74.5 Å². The summed E-state index contributed by atoms with van der Waals surface area (Å²) >= 11 is 1.89. The van der Waals surface area contributed by atoms with E-state index in [1.54, 1.807) is 6.20 Å². The molecule has 0 radical (unpaired) electrons. The minimum atomic E-state index is -0.238. The van der Waals surface area contributed by atoms with Crippen LogP contribution < -0.4 is 21.7 Å². The maximum atomic E-state index is 13.2. The monoisotopic (exact) mass is 359 g/mol. The summed E-state index contributed by atoms with van der Waals surface area (Å²) < 4.78 is 13.6. The van der Waals surface area contributed by atoms with E-state index >= 15 is 0 Å². The van der Waals surface area contributed by atoms with Crippen molar-refractivity contribution < 1.29 is 4.39 Å². The van der Waals surface area contributed by atoms with Gasteiger partial charge in [0, 0.05) is 29.2 Å². The van der Waals surface area contributed by atoms with Crippen molar-refractivity contribution in [2.75, 3.05) is 6.54 Å². The van der Waals surface area contributed by atoms with Crippen LogP contribution in [0.25, 0.3) is 0 Å². The maximum Gasteiger partial charge on any atom is 0.151 e. The minimum absolute atomic E-state index is 0.00483. The Morgan fingerprint density at radius 1 is 1.39 bits per heavy atom. The number of dihydropyridines is 1. The zero-order chi connectivity index (χ0) is 12.7. The predicted octanol–water partition coefficient (Wildman–Crippen LogP) is 0.705. The highest BCUT2D eigenvalue weighted by molar-refractivity contribution is 14.1. The molecule has 5 N–H and O–H groups in total. The van der Waals surface area contributed by atoms with E-state index in [1.165, 1.54) is 0 Å². The summed E-state index contributed by atoms with van der Waals surface area (Å²) in [6, 6.07) is 0. The zero-order valence-electron chi connectivity index (χ0n) is 9.30. The van der Waals surface area contributed by atoms with Crippen molar-refractivity contribution in [1.82, 2.24) is 16.0 Å². The number of nitrogens with zero attached hydrogens (tertiary/aromatic N) is 1. The highest BCUT2D eigenvalue weighted by atomic mass is 127. The molecule has 5 nitrogen and oxygen atoms in total. The van der Waals surface area contributed by atoms with Crippen molar-refractivity contribution in [2.45, 2.75) is 6.17 Å². The fraction of sp³-hybridized carbons (Fsp3) is 0.182. The first-order chi connectivity index (χ1) is 8.65. The average Bonchev–Trinajstić information content (AvgIpc) is 2.75. The molecule has 0 aliphatic carbocycles. The summed E-state index contributed by atoms with van der Waals surface area (Å²) in [6.07, 6.45) is 5.50. The lowest BCUT2D eigenvalue weighted by Gasteiger charge is -2.21. The molecule has 0 aromatic carbocycles. The van der Waals surface area contributed by atoms with Gasteiger partial charge in [0.2, 0.25) is 0 Å². The summed E-state index contributed by atoms with van der Waals surface area (Å²) in [5, 5.41) is 9.27. The highest BCUT2D eigenvalue weighted by Gasteiger charge is 2.29. The number of hydrogen-bond donors (Lipinski definition) is 4. The van der Waals surface area contributed by atoms with Crippen LogP contribution in [0, 0.1) is 0 Å². The third-order valence-corrected chi connectivity index (χ3v) is 3.68. The molecule has 0 aromatic heterocycles. The number of nitrogens with one attached hydrogen (secondary N) is 3. The lowest BCUT2D eigenvalue weighted by Crippen LogP contribution is -2.38. The van der Waals surface area contributed by atoms with Gasteiger partial charge in [-0.15, -0.1) is 0 Å². The van der Waals surface area contributed by atoms with Gasteiger partial charge in [0.25, 0.3) is 0 Å². The van der Waals surface area contributed by atoms with E-state index in [-0.39, 0.29) is 18.5 Å². The van der Waals surface area contributed by atoms with Crippen LogP contribution in [0.15, 0.2) is 49.8 Å². The van der Waals surface area contributed by atoms with Gasteiger partial charge in [-0.1, -0.05) is 0 Å². The number of amidine groups is 1. The summed E-state index contributed by atoms with van der Waals surface area (Å²) in [6.45, 7) is 0.172. The molecule has 1 atom stereocenters. The molecule has 0 saturated carbocycles. The van der Waals surface area contributed by atoms with Crippen LogP contribution in [0.2, 0.25) is 0 Å². The Morgan fingerprint density at radius 2 is 2.17 bits per heavy atom. The van der Waals surface area contributed by atoms with Crippen molar-refractivity contribution in [1.29, 1.82) is 0 Å². The van der Waals surface area contributed by atoms with E-state index in [4.69, 9.17) is 5.73 Å². The molecule has 3 aliphatic heterocycles. The van der Waals surface area contributed by atoms with Crippen LogP contribution >= 0.6 is 22.6 Å². The molecule has 1 unspecified atom stereocenters. The maximum absolute atomic E-state index is 13.2. The summed E-state index contributed by atoms with van der Waals surface area (Å²) in [5.41, 5.74) is 8.34. The SMILES string of the molecule is NC1=CNC2NC=C(C3=NC(I)=C(F)CN3)C2=C1. The van der Waals surface area contributed by atoms with Gasteiger partial charge in [0.15, 0.2) is 5.83 Å². The number of aliphatic imine (C=N–C) groups is 1. The number of fused-ring (bicyclic) bond motifs is 1. The second-order valence-electron chi connectivity index (χ2n) is 4.08. The number of hydrogen-bond acceptors (Lipinski definition) is 5. The quantitative estimate of drug-likeness (QED) is 0.411. The van der Waals surface area contributed by atoms with Gasteiger partial charge in [-0.25, -0.2) is 9.38 Å². The Morgan fingerprint density at radius 3 is 2.94 bits per heavy atom. The Bertz CT molecular complexity index is 558. The molecule has 0 bridgehead atoms. The molecular weight excluding hydrogens is 348 g/mol. The van der Waals surface area contributed by atoms with Gasteiger partial charge < -0.3 is 21.7 Å². The Kier molecular flexibility index (Phi) is 2.77. The molecular formula is C11H11FIN5. The first-order valence-corrected chi connectivity index (χ1v) is 6.50. The zero-order valence-corrected chi connectivity index (χ0v) is 11.5. The average molecular weight is 359 g/mol. The Hall–Kier alpha value is -1.51. The van der Waals surface area contributed by atoms with Crippen LogP contribution in [0.4, 0.5) is 4.39 Å². The first-order valence-electron chi connectivity index (χ1n) is 5.42. The minimum Gasteiger partial charge on any atom is -0.398 e. The van der Waals surface area contributed by atoms with E-state index in [9.17, 15) is 4.39 Å². The molecule has 0 aromatic rings. The van der Waals surface area contributed by atoms with Crippen LogP contribution in [0.3, 0.4) is 0 Å². The van der Waals surface area contributed by atoms with Crippen molar-refractivity contribution in [3.8, 4) is 0 Å². The lowest BCUT2D eigenvalue weighted by atomic mass is 10.0. The standard InChI is InChI=1S/C11H11FIN5/c12-8-4-17-11(18-9(8)13)7-3-16-10-6(7)1-5(14)2-15-10/h1-3,10,15-16H,4,14H2,(H,17,18). The molecule has 0 saturated heterocycles. The molecule has 7 heteroatoms. The lowest BCUT2D eigenvalue weighted by molar-refractivity contribution is 0.594. The molecule has 0 fully saturated rings. The Labute approximate surface area is 117 Å². The molecule has 0 amide bonds. The van der Waals surface area contributed by atoms with E-state index in [0.29, 0.717) is 15.2 Å². The van der Waals surface area contributed by atoms with Gasteiger partial charge in [-0.3, -0.25) is 0 Å². The second-order valence-corrected chi connectivity index (χ2v) is 5.10. The smallest absolute Gasteiger partial charge is 0.151 e. The molecule has 0 spiro atoms. The van der Waals surface area contributed by atoms with Crippen molar-refractivity contribution in [3.63, 3.8) is 0 Å². The van der Waals surface area contributed by atoms with Crippen LogP contribution in [-0.4, -0.2) is 18.5 Å². The van der Waals surface area contributed by atoms with E-state index < -0.39 is 0 Å². The first kappa shape index (κ1) is 11.6. The number of nitrogens with two attached hydrogens (primary N) is 1. The molecule has 3 rings (SSSR count). The van der Waals surface area contributed by atoms with Crippen molar-refractivity contribution >= 4 is 28.4 Å². The van der Waals surface area contributed by atoms with Gasteiger partial charge in [-0.05, 0) is 28.7 Å². The van der Waals surface area contributed by atoms with Crippen molar-refractivity contribution in [2.24, 2.45) is 10.7 Å². The summed E-state index contributed by atoms with van der Waals surface area (Å²) in [5.74, 6) is 0.427. The van der Waals surface area contributed by atoms with Crippen molar-refractivity contribution in [3.05, 3.63) is 44.8 Å². The van der Waals surface area contributed by atoms with Gasteiger partial charge in [0.1, 0.15) is 15.7 Å². The molecule has 3 aliphatic rings. The van der Waals surface area contributed by atoms with Gasteiger partial charge in [0.05, 0.1) is 6.54 Å². The fourth-order valence-corrected chi connectivity index (χ4v) is 2.42. The number of rotatable bonds is 1. The molecule has 94 valence electrons. The predicted molar refractivity (Wildman–Crippen MR) is 76.1 cm³/mol. The van der Waals surface area contributed by atoms with E-state index in [0.717, 1.165) is 11.1 Å². The third-order valence-electron chi connectivity index (χ3n) is 2.86. The third kappa shape index (κ3) is 1.88.